The molecule has 0 saturated heterocycles. The molecule has 2 aromatic carbocycles. The molecule has 25 heavy (non-hydrogen) atoms. The zero-order valence-electron chi connectivity index (χ0n) is 13.5. The molecule has 0 saturated carbocycles. The summed E-state index contributed by atoms with van der Waals surface area (Å²) in [5.41, 5.74) is 2.81. The maximum atomic E-state index is 12.7. The molecule has 1 aromatic heterocycles. The Labute approximate surface area is 143 Å². The minimum absolute atomic E-state index is 0.0679. The molecule has 0 fully saturated rings. The largest absolute Gasteiger partial charge is 0.479 e. The number of amides is 2. The third-order valence-corrected chi connectivity index (χ3v) is 4.17. The molecule has 0 aliphatic carbocycles. The van der Waals surface area contributed by atoms with Crippen LogP contribution < -0.4 is 15.4 Å². The molecule has 2 N–H and O–H groups in total. The van der Waals surface area contributed by atoms with Crippen LogP contribution in [0.4, 0.5) is 11.4 Å². The van der Waals surface area contributed by atoms with Gasteiger partial charge in [-0.25, -0.2) is 4.98 Å². The van der Waals surface area contributed by atoms with Gasteiger partial charge in [0, 0.05) is 0 Å². The fourth-order valence-electron chi connectivity index (χ4n) is 2.86. The first-order valence-electron chi connectivity index (χ1n) is 7.91. The van der Waals surface area contributed by atoms with Crippen LogP contribution in [0.15, 0.2) is 48.8 Å². The van der Waals surface area contributed by atoms with E-state index in [-0.39, 0.29) is 18.4 Å². The number of hydrogen-bond donors (Lipinski definition) is 2. The predicted octanol–water partition coefficient (Wildman–Crippen LogP) is 2.57. The van der Waals surface area contributed by atoms with Crippen LogP contribution in [0.25, 0.3) is 11.0 Å². The minimum atomic E-state index is -0.457. The van der Waals surface area contributed by atoms with Gasteiger partial charge in [0.05, 0.1) is 28.7 Å². The second kappa shape index (κ2) is 5.94. The number of imidazole rings is 1. The van der Waals surface area contributed by atoms with Crippen molar-refractivity contribution in [2.75, 3.05) is 17.2 Å². The first-order chi connectivity index (χ1) is 12.1. The van der Waals surface area contributed by atoms with Crippen LogP contribution in [-0.2, 0) is 9.59 Å². The average molecular weight is 336 g/mol. The van der Waals surface area contributed by atoms with Gasteiger partial charge in [0.1, 0.15) is 6.04 Å². The van der Waals surface area contributed by atoms with Crippen LogP contribution in [0.3, 0.4) is 0 Å². The molecule has 1 aliphatic heterocycles. The number of benzene rings is 2. The van der Waals surface area contributed by atoms with Crippen LogP contribution >= 0.6 is 0 Å². The molecule has 0 spiro atoms. The number of fused-ring (bicyclic) bond motifs is 2. The second-order valence-corrected chi connectivity index (χ2v) is 5.82. The fraction of sp³-hybridized carbons (Fsp3) is 0.167. The fourth-order valence-corrected chi connectivity index (χ4v) is 2.86. The van der Waals surface area contributed by atoms with Crippen molar-refractivity contribution in [1.29, 1.82) is 0 Å². The summed E-state index contributed by atoms with van der Waals surface area (Å²) < 4.78 is 7.28. The molecule has 0 radical (unpaired) electrons. The molecule has 0 bridgehead atoms. The van der Waals surface area contributed by atoms with Crippen molar-refractivity contribution < 1.29 is 14.3 Å². The molecule has 2 heterocycles. The van der Waals surface area contributed by atoms with E-state index in [9.17, 15) is 9.59 Å². The Balaban J connectivity index is 1.60. The SMILES string of the molecule is CC(C(=O)Nc1cccc2c1OCC(=O)N2)n1cnc2ccccc21. The van der Waals surface area contributed by atoms with Gasteiger partial charge in [-0.15, -0.1) is 0 Å². The summed E-state index contributed by atoms with van der Waals surface area (Å²) in [5.74, 6) is 0.0597. The molecular weight excluding hydrogens is 320 g/mol. The molecule has 7 heteroatoms. The van der Waals surface area contributed by atoms with E-state index >= 15 is 0 Å². The van der Waals surface area contributed by atoms with Crippen molar-refractivity contribution in [1.82, 2.24) is 9.55 Å². The number of nitrogens with zero attached hydrogens (tertiary/aromatic N) is 2. The third-order valence-electron chi connectivity index (χ3n) is 4.17. The summed E-state index contributed by atoms with van der Waals surface area (Å²) in [7, 11) is 0. The molecule has 7 nitrogen and oxygen atoms in total. The topological polar surface area (TPSA) is 85.2 Å². The summed E-state index contributed by atoms with van der Waals surface area (Å²) in [4.78, 5) is 28.4. The highest BCUT2D eigenvalue weighted by Crippen LogP contribution is 2.35. The highest BCUT2D eigenvalue weighted by Gasteiger charge is 2.22. The maximum Gasteiger partial charge on any atom is 0.262 e. The van der Waals surface area contributed by atoms with Crippen molar-refractivity contribution in [2.24, 2.45) is 0 Å². The van der Waals surface area contributed by atoms with Crippen LogP contribution in [0.2, 0.25) is 0 Å². The molecule has 126 valence electrons. The van der Waals surface area contributed by atoms with Crippen molar-refractivity contribution in [3.05, 3.63) is 48.8 Å². The van der Waals surface area contributed by atoms with Gasteiger partial charge in [-0.2, -0.15) is 0 Å². The van der Waals surface area contributed by atoms with Gasteiger partial charge in [0.25, 0.3) is 5.91 Å². The number of nitrogens with one attached hydrogen (secondary N) is 2. The van der Waals surface area contributed by atoms with E-state index in [1.165, 1.54) is 0 Å². The lowest BCUT2D eigenvalue weighted by atomic mass is 10.2. The van der Waals surface area contributed by atoms with Gasteiger partial charge in [0.2, 0.25) is 5.91 Å². The first kappa shape index (κ1) is 15.2. The van der Waals surface area contributed by atoms with E-state index < -0.39 is 6.04 Å². The zero-order chi connectivity index (χ0) is 17.4. The Morgan fingerprint density at radius 1 is 1.28 bits per heavy atom. The molecular formula is C18H16N4O3. The standard InChI is InChI=1S/C18H16N4O3/c1-11(22-10-19-12-5-2-3-8-15(12)22)18(24)21-14-7-4-6-13-17(14)25-9-16(23)20-13/h2-8,10-11H,9H2,1H3,(H,20,23)(H,21,24). The quantitative estimate of drug-likeness (QED) is 0.770. The summed E-state index contributed by atoms with van der Waals surface area (Å²) in [6.45, 7) is 1.74. The van der Waals surface area contributed by atoms with E-state index in [4.69, 9.17) is 4.74 Å². The summed E-state index contributed by atoms with van der Waals surface area (Å²) in [6, 6.07) is 12.4. The minimum Gasteiger partial charge on any atom is -0.479 e. The van der Waals surface area contributed by atoms with Crippen LogP contribution in [0.1, 0.15) is 13.0 Å². The molecule has 1 aliphatic rings. The number of rotatable bonds is 3. The smallest absolute Gasteiger partial charge is 0.262 e. The molecule has 2 amide bonds. The Hall–Kier alpha value is -3.35. The number of para-hydroxylation sites is 3. The van der Waals surface area contributed by atoms with Crippen LogP contribution in [0.5, 0.6) is 5.75 Å². The van der Waals surface area contributed by atoms with Gasteiger partial charge < -0.3 is 19.9 Å². The van der Waals surface area contributed by atoms with Crippen molar-refractivity contribution in [2.45, 2.75) is 13.0 Å². The Bertz CT molecular complexity index is 979. The molecule has 1 unspecified atom stereocenters. The van der Waals surface area contributed by atoms with Gasteiger partial charge >= 0.3 is 0 Å². The highest BCUT2D eigenvalue weighted by atomic mass is 16.5. The van der Waals surface area contributed by atoms with E-state index in [2.05, 4.69) is 15.6 Å². The molecule has 1 atom stereocenters. The number of ether oxygens (including phenoxy) is 1. The summed E-state index contributed by atoms with van der Waals surface area (Å²) in [6.07, 6.45) is 1.66. The predicted molar refractivity (Wildman–Crippen MR) is 93.6 cm³/mol. The van der Waals surface area contributed by atoms with E-state index in [0.717, 1.165) is 11.0 Å². The molecule has 3 aromatic rings. The number of anilines is 2. The Morgan fingerprint density at radius 3 is 3.00 bits per heavy atom. The van der Waals surface area contributed by atoms with Gasteiger partial charge in [-0.1, -0.05) is 18.2 Å². The van der Waals surface area contributed by atoms with E-state index in [1.54, 1.807) is 24.5 Å². The summed E-state index contributed by atoms with van der Waals surface area (Å²) >= 11 is 0. The first-order valence-corrected chi connectivity index (χ1v) is 7.91. The third kappa shape index (κ3) is 2.69. The van der Waals surface area contributed by atoms with E-state index in [0.29, 0.717) is 17.1 Å². The number of aromatic nitrogens is 2. The monoisotopic (exact) mass is 336 g/mol. The Morgan fingerprint density at radius 2 is 2.12 bits per heavy atom. The number of carbonyl (C=O) groups is 2. The lowest BCUT2D eigenvalue weighted by molar-refractivity contribution is -0.119. The zero-order valence-corrected chi connectivity index (χ0v) is 13.5. The normalized spacial score (nSPS) is 14.4. The second-order valence-electron chi connectivity index (χ2n) is 5.82. The maximum absolute atomic E-state index is 12.7. The van der Waals surface area contributed by atoms with Gasteiger partial charge in [-0.3, -0.25) is 9.59 Å². The van der Waals surface area contributed by atoms with Crippen molar-refractivity contribution >= 4 is 34.2 Å². The van der Waals surface area contributed by atoms with Crippen molar-refractivity contribution in [3.63, 3.8) is 0 Å². The van der Waals surface area contributed by atoms with Gasteiger partial charge in [0.15, 0.2) is 12.4 Å². The molecule has 4 rings (SSSR count). The van der Waals surface area contributed by atoms with E-state index in [1.807, 2.05) is 35.8 Å². The number of hydrogen-bond acceptors (Lipinski definition) is 4. The summed E-state index contributed by atoms with van der Waals surface area (Å²) in [5, 5.41) is 5.60. The average Bonchev–Trinajstić information content (AvgIpc) is 3.05. The van der Waals surface area contributed by atoms with Crippen LogP contribution in [0, 0.1) is 0 Å². The van der Waals surface area contributed by atoms with Crippen molar-refractivity contribution in [3.8, 4) is 5.75 Å². The Kier molecular flexibility index (Phi) is 3.61. The highest BCUT2D eigenvalue weighted by molar-refractivity contribution is 6.01. The number of carbonyl (C=O) groups excluding carboxylic acids is 2. The van der Waals surface area contributed by atoms with Crippen LogP contribution in [-0.4, -0.2) is 28.0 Å². The van der Waals surface area contributed by atoms with Gasteiger partial charge in [-0.05, 0) is 31.2 Å². The lowest BCUT2D eigenvalue weighted by Gasteiger charge is -2.22. The lowest BCUT2D eigenvalue weighted by Crippen LogP contribution is -2.27.